The molecule has 176 valence electrons. The Labute approximate surface area is 190 Å². The Balaban J connectivity index is 1.40. The third-order valence-corrected chi connectivity index (χ3v) is 6.55. The first-order chi connectivity index (χ1) is 15.7. The van der Waals surface area contributed by atoms with Gasteiger partial charge in [-0.15, -0.1) is 0 Å². The first-order valence-electron chi connectivity index (χ1n) is 12.0. The molecule has 1 amide bonds. The van der Waals surface area contributed by atoms with Gasteiger partial charge in [0.25, 0.3) is 0 Å². The van der Waals surface area contributed by atoms with Gasteiger partial charge in [0.05, 0.1) is 49.4 Å². The van der Waals surface area contributed by atoms with Gasteiger partial charge < -0.3 is 19.5 Å². The average molecular weight is 445 g/mol. The summed E-state index contributed by atoms with van der Waals surface area (Å²) in [5, 5.41) is 11.9. The molecule has 1 aromatic carbocycles. The summed E-state index contributed by atoms with van der Waals surface area (Å²) >= 11 is 0. The SMILES string of the molecule is CCCCOC(=O)Nc1cc2cnn(C3CCC(OC4CCNCC4)CC3)c2cc1OC. The van der Waals surface area contributed by atoms with E-state index in [4.69, 9.17) is 14.2 Å². The van der Waals surface area contributed by atoms with Crippen molar-refractivity contribution >= 4 is 22.7 Å². The van der Waals surface area contributed by atoms with Crippen molar-refractivity contribution in [2.24, 2.45) is 0 Å². The molecule has 1 aliphatic heterocycles. The van der Waals surface area contributed by atoms with Gasteiger partial charge in [-0.25, -0.2) is 4.79 Å². The highest BCUT2D eigenvalue weighted by Crippen LogP contribution is 2.36. The lowest BCUT2D eigenvalue weighted by Gasteiger charge is -2.33. The van der Waals surface area contributed by atoms with Gasteiger partial charge in [0.2, 0.25) is 0 Å². The van der Waals surface area contributed by atoms with E-state index in [0.717, 1.165) is 75.4 Å². The molecule has 32 heavy (non-hydrogen) atoms. The van der Waals surface area contributed by atoms with Crippen LogP contribution in [0.15, 0.2) is 18.3 Å². The quantitative estimate of drug-likeness (QED) is 0.577. The minimum absolute atomic E-state index is 0.350. The molecule has 0 bridgehead atoms. The molecule has 4 rings (SSSR count). The lowest BCUT2D eigenvalue weighted by atomic mass is 9.92. The van der Waals surface area contributed by atoms with Crippen molar-refractivity contribution in [1.82, 2.24) is 15.1 Å². The molecule has 1 aliphatic carbocycles. The Morgan fingerprint density at radius 3 is 2.62 bits per heavy atom. The number of ether oxygens (including phenoxy) is 3. The molecule has 0 spiro atoms. The van der Waals surface area contributed by atoms with Crippen LogP contribution in [0.25, 0.3) is 10.9 Å². The minimum atomic E-state index is -0.462. The number of unbranched alkanes of at least 4 members (excludes halogenated alkanes) is 1. The van der Waals surface area contributed by atoms with E-state index in [1.54, 1.807) is 7.11 Å². The molecule has 0 radical (unpaired) electrons. The Morgan fingerprint density at radius 1 is 1.16 bits per heavy atom. The largest absolute Gasteiger partial charge is 0.494 e. The molecule has 8 heteroatoms. The Hall–Kier alpha value is -2.32. The van der Waals surface area contributed by atoms with E-state index in [9.17, 15) is 4.79 Å². The highest BCUT2D eigenvalue weighted by Gasteiger charge is 2.27. The van der Waals surface area contributed by atoms with Crippen molar-refractivity contribution in [3.63, 3.8) is 0 Å². The standard InChI is InChI=1S/C24H36N4O4/c1-3-4-13-31-24(29)27-21-14-17-16-26-28(22(17)15-23(21)30-2)18-5-7-19(8-6-18)32-20-9-11-25-12-10-20/h14-16,18-20,25H,3-13H2,1-2H3,(H,27,29). The van der Waals surface area contributed by atoms with Crippen molar-refractivity contribution in [3.05, 3.63) is 18.3 Å². The van der Waals surface area contributed by atoms with E-state index in [-0.39, 0.29) is 0 Å². The van der Waals surface area contributed by atoms with Crippen LogP contribution in [0.4, 0.5) is 10.5 Å². The zero-order valence-corrected chi connectivity index (χ0v) is 19.3. The fourth-order valence-electron chi connectivity index (χ4n) is 4.72. The first-order valence-corrected chi connectivity index (χ1v) is 12.0. The number of fused-ring (bicyclic) bond motifs is 1. The molecule has 2 N–H and O–H groups in total. The van der Waals surface area contributed by atoms with Crippen LogP contribution >= 0.6 is 0 Å². The molecule has 0 atom stereocenters. The zero-order chi connectivity index (χ0) is 22.3. The predicted octanol–water partition coefficient (Wildman–Crippen LogP) is 4.65. The van der Waals surface area contributed by atoms with Gasteiger partial charge in [-0.05, 0) is 64.1 Å². The third kappa shape index (κ3) is 5.53. The van der Waals surface area contributed by atoms with Gasteiger partial charge in [-0.2, -0.15) is 5.10 Å². The lowest BCUT2D eigenvalue weighted by Crippen LogP contribution is -2.36. The smallest absolute Gasteiger partial charge is 0.411 e. The van der Waals surface area contributed by atoms with E-state index in [1.165, 1.54) is 0 Å². The van der Waals surface area contributed by atoms with Gasteiger partial charge >= 0.3 is 6.09 Å². The molecule has 2 heterocycles. The fourth-order valence-corrected chi connectivity index (χ4v) is 4.72. The van der Waals surface area contributed by atoms with Gasteiger partial charge in [-0.1, -0.05) is 13.3 Å². The minimum Gasteiger partial charge on any atom is -0.494 e. The number of hydrogen-bond donors (Lipinski definition) is 2. The van der Waals surface area contributed by atoms with E-state index in [2.05, 4.69) is 27.3 Å². The summed E-state index contributed by atoms with van der Waals surface area (Å²) in [6, 6.07) is 4.22. The van der Waals surface area contributed by atoms with Crippen LogP contribution in [0.2, 0.25) is 0 Å². The Kier molecular flexibility index (Phi) is 7.86. The number of aromatic nitrogens is 2. The van der Waals surface area contributed by atoms with Crippen molar-refractivity contribution in [1.29, 1.82) is 0 Å². The monoisotopic (exact) mass is 444 g/mol. The van der Waals surface area contributed by atoms with Crippen molar-refractivity contribution in [2.75, 3.05) is 32.1 Å². The molecular formula is C24H36N4O4. The molecule has 1 aromatic heterocycles. The molecule has 8 nitrogen and oxygen atoms in total. The van der Waals surface area contributed by atoms with Crippen molar-refractivity contribution in [2.45, 2.75) is 76.5 Å². The summed E-state index contributed by atoms with van der Waals surface area (Å²) in [7, 11) is 1.61. The van der Waals surface area contributed by atoms with E-state index in [0.29, 0.717) is 36.3 Å². The maximum Gasteiger partial charge on any atom is 0.411 e. The van der Waals surface area contributed by atoms with Crippen LogP contribution < -0.4 is 15.4 Å². The number of amides is 1. The molecule has 1 saturated heterocycles. The maximum atomic E-state index is 12.1. The van der Waals surface area contributed by atoms with Gasteiger partial charge in [0.1, 0.15) is 5.75 Å². The third-order valence-electron chi connectivity index (χ3n) is 6.55. The van der Waals surface area contributed by atoms with E-state index in [1.807, 2.05) is 18.3 Å². The molecule has 0 unspecified atom stereocenters. The lowest BCUT2D eigenvalue weighted by molar-refractivity contribution is -0.0474. The summed E-state index contributed by atoms with van der Waals surface area (Å²) < 4.78 is 19.3. The predicted molar refractivity (Wildman–Crippen MR) is 124 cm³/mol. The molecule has 2 aromatic rings. The molecular weight excluding hydrogens is 408 g/mol. The van der Waals surface area contributed by atoms with E-state index < -0.39 is 6.09 Å². The number of nitrogens with zero attached hydrogens (tertiary/aromatic N) is 2. The summed E-state index contributed by atoms with van der Waals surface area (Å²) in [6.07, 6.45) is 10.5. The van der Waals surface area contributed by atoms with Gasteiger partial charge in [0, 0.05) is 11.5 Å². The number of hydrogen-bond acceptors (Lipinski definition) is 6. The van der Waals surface area contributed by atoms with Crippen LogP contribution in [0.1, 0.15) is 64.3 Å². The van der Waals surface area contributed by atoms with Crippen LogP contribution in [-0.4, -0.2) is 54.9 Å². The number of nitrogens with one attached hydrogen (secondary N) is 2. The van der Waals surface area contributed by atoms with E-state index >= 15 is 0 Å². The second-order valence-corrected chi connectivity index (χ2v) is 8.83. The number of carbonyl (C=O) groups excluding carboxylic acids is 1. The average Bonchev–Trinajstić information content (AvgIpc) is 3.22. The van der Waals surface area contributed by atoms with Crippen molar-refractivity contribution < 1.29 is 19.0 Å². The molecule has 1 saturated carbocycles. The second kappa shape index (κ2) is 11.0. The second-order valence-electron chi connectivity index (χ2n) is 8.83. The van der Waals surface area contributed by atoms with Crippen LogP contribution in [-0.2, 0) is 9.47 Å². The number of carbonyl (C=O) groups is 1. The molecule has 2 aliphatic rings. The summed E-state index contributed by atoms with van der Waals surface area (Å²) in [5.41, 5.74) is 1.62. The first kappa shape index (κ1) is 22.9. The summed E-state index contributed by atoms with van der Waals surface area (Å²) in [6.45, 7) is 4.60. The maximum absolute atomic E-state index is 12.1. The number of methoxy groups -OCH3 is 1. The summed E-state index contributed by atoms with van der Waals surface area (Å²) in [4.78, 5) is 12.1. The topological polar surface area (TPSA) is 86.6 Å². The molecule has 2 fully saturated rings. The van der Waals surface area contributed by atoms with Gasteiger partial charge in [-0.3, -0.25) is 10.00 Å². The Bertz CT molecular complexity index is 885. The van der Waals surface area contributed by atoms with Gasteiger partial charge in [0.15, 0.2) is 0 Å². The number of rotatable bonds is 8. The van der Waals surface area contributed by atoms with Crippen LogP contribution in [0, 0.1) is 0 Å². The number of benzene rings is 1. The van der Waals surface area contributed by atoms with Crippen LogP contribution in [0.5, 0.6) is 5.75 Å². The highest BCUT2D eigenvalue weighted by atomic mass is 16.5. The van der Waals surface area contributed by atoms with Crippen LogP contribution in [0.3, 0.4) is 0 Å². The highest BCUT2D eigenvalue weighted by molar-refractivity contribution is 5.93. The number of piperidine rings is 1. The normalized spacial score (nSPS) is 22.1. The number of anilines is 1. The summed E-state index contributed by atoms with van der Waals surface area (Å²) in [5.74, 6) is 0.606. The fraction of sp³-hybridized carbons (Fsp3) is 0.667. The van der Waals surface area contributed by atoms with Crippen molar-refractivity contribution in [3.8, 4) is 5.75 Å². The Morgan fingerprint density at radius 2 is 1.91 bits per heavy atom. The zero-order valence-electron chi connectivity index (χ0n) is 19.3.